The van der Waals surface area contributed by atoms with Crippen LogP contribution >= 0.6 is 0 Å². The molecule has 0 amide bonds. The number of carbonyl (C=O) groups is 1. The first-order chi connectivity index (χ1) is 5.65. The van der Waals surface area contributed by atoms with Gasteiger partial charge in [-0.15, -0.1) is 0 Å². The quantitative estimate of drug-likeness (QED) is 0.572. The molecule has 0 saturated heterocycles. The average Bonchev–Trinajstić information content (AvgIpc) is 2.02. The summed E-state index contributed by atoms with van der Waals surface area (Å²) in [6.45, 7) is 2.14. The van der Waals surface area contributed by atoms with E-state index in [4.69, 9.17) is 10.5 Å². The molecule has 0 spiro atoms. The smallest absolute Gasteiger partial charge is 0.306 e. The fourth-order valence-corrected chi connectivity index (χ4v) is 1.42. The molecule has 70 valence electrons. The third-order valence-electron chi connectivity index (χ3n) is 2.27. The van der Waals surface area contributed by atoms with E-state index < -0.39 is 6.10 Å². The molecule has 0 heterocycles. The first-order valence-corrected chi connectivity index (χ1v) is 4.24. The second-order valence-corrected chi connectivity index (χ2v) is 3.14. The highest BCUT2D eigenvalue weighted by Gasteiger charge is 2.38. The van der Waals surface area contributed by atoms with E-state index in [1.54, 1.807) is 6.92 Å². The second kappa shape index (κ2) is 3.87. The SMILES string of the molecule is CCOC(=O)CC1C(N)CC1O. The summed E-state index contributed by atoms with van der Waals surface area (Å²) in [5.41, 5.74) is 5.59. The first kappa shape index (κ1) is 9.48. The van der Waals surface area contributed by atoms with Crippen LogP contribution in [-0.4, -0.2) is 29.8 Å². The van der Waals surface area contributed by atoms with Gasteiger partial charge in [-0.2, -0.15) is 0 Å². The highest BCUT2D eigenvalue weighted by molar-refractivity contribution is 5.70. The summed E-state index contributed by atoms with van der Waals surface area (Å²) < 4.78 is 4.74. The van der Waals surface area contributed by atoms with E-state index in [-0.39, 0.29) is 24.3 Å². The molecule has 0 aliphatic heterocycles. The van der Waals surface area contributed by atoms with Gasteiger partial charge in [0.2, 0.25) is 0 Å². The van der Waals surface area contributed by atoms with Crippen molar-refractivity contribution < 1.29 is 14.6 Å². The number of hydrogen-bond acceptors (Lipinski definition) is 4. The summed E-state index contributed by atoms with van der Waals surface area (Å²) in [6, 6.07) is -0.0376. The summed E-state index contributed by atoms with van der Waals surface area (Å²) in [4.78, 5) is 10.9. The third kappa shape index (κ3) is 1.95. The van der Waals surface area contributed by atoms with Gasteiger partial charge in [0, 0.05) is 12.0 Å². The minimum atomic E-state index is -0.413. The molecule has 4 nitrogen and oxygen atoms in total. The minimum absolute atomic E-state index is 0.0376. The molecule has 1 fully saturated rings. The zero-order chi connectivity index (χ0) is 9.14. The van der Waals surface area contributed by atoms with Gasteiger partial charge in [0.05, 0.1) is 19.1 Å². The zero-order valence-corrected chi connectivity index (χ0v) is 7.19. The Labute approximate surface area is 71.7 Å². The number of aliphatic hydroxyl groups excluding tert-OH is 1. The monoisotopic (exact) mass is 173 g/mol. The van der Waals surface area contributed by atoms with Gasteiger partial charge in [-0.25, -0.2) is 0 Å². The molecule has 0 aromatic rings. The molecule has 1 saturated carbocycles. The fourth-order valence-electron chi connectivity index (χ4n) is 1.42. The Bertz CT molecular complexity index is 164. The van der Waals surface area contributed by atoms with E-state index in [1.807, 2.05) is 0 Å². The molecule has 0 radical (unpaired) electrons. The lowest BCUT2D eigenvalue weighted by Crippen LogP contribution is -2.51. The van der Waals surface area contributed by atoms with Crippen molar-refractivity contribution in [1.82, 2.24) is 0 Å². The van der Waals surface area contributed by atoms with E-state index in [2.05, 4.69) is 0 Å². The predicted octanol–water partition coefficient (Wildman–Crippen LogP) is -0.352. The lowest BCUT2D eigenvalue weighted by atomic mass is 9.75. The maximum absolute atomic E-state index is 10.9. The largest absolute Gasteiger partial charge is 0.466 e. The molecule has 1 aliphatic carbocycles. The van der Waals surface area contributed by atoms with E-state index in [0.29, 0.717) is 13.0 Å². The standard InChI is InChI=1S/C8H15NO3/c1-2-12-8(11)3-5-6(9)4-7(5)10/h5-7,10H,2-4,9H2,1H3. The zero-order valence-electron chi connectivity index (χ0n) is 7.19. The molecule has 1 rings (SSSR count). The molecule has 3 unspecified atom stereocenters. The van der Waals surface area contributed by atoms with Gasteiger partial charge < -0.3 is 15.6 Å². The molecule has 12 heavy (non-hydrogen) atoms. The number of rotatable bonds is 3. The molecule has 0 aromatic carbocycles. The van der Waals surface area contributed by atoms with Crippen molar-refractivity contribution in [2.45, 2.75) is 31.9 Å². The van der Waals surface area contributed by atoms with Crippen LogP contribution < -0.4 is 5.73 Å². The van der Waals surface area contributed by atoms with Gasteiger partial charge in [-0.1, -0.05) is 0 Å². The van der Waals surface area contributed by atoms with Crippen molar-refractivity contribution in [3.05, 3.63) is 0 Å². The van der Waals surface area contributed by atoms with Crippen LogP contribution in [0.2, 0.25) is 0 Å². The molecular weight excluding hydrogens is 158 g/mol. The minimum Gasteiger partial charge on any atom is -0.466 e. The van der Waals surface area contributed by atoms with Crippen LogP contribution in [0.5, 0.6) is 0 Å². The number of esters is 1. The Kier molecular flexibility index (Phi) is 3.05. The summed E-state index contributed by atoms with van der Waals surface area (Å²) in [5, 5.41) is 9.21. The Morgan fingerprint density at radius 2 is 2.42 bits per heavy atom. The van der Waals surface area contributed by atoms with Crippen LogP contribution in [0.1, 0.15) is 19.8 Å². The molecule has 1 aliphatic rings. The van der Waals surface area contributed by atoms with E-state index >= 15 is 0 Å². The molecule has 0 bridgehead atoms. The van der Waals surface area contributed by atoms with Crippen LogP contribution in [0, 0.1) is 5.92 Å². The molecular formula is C8H15NO3. The van der Waals surface area contributed by atoms with Crippen molar-refractivity contribution in [3.63, 3.8) is 0 Å². The van der Waals surface area contributed by atoms with Crippen molar-refractivity contribution in [3.8, 4) is 0 Å². The number of hydrogen-bond donors (Lipinski definition) is 2. The molecule has 3 N–H and O–H groups in total. The number of carbonyl (C=O) groups excluding carboxylic acids is 1. The Morgan fingerprint density at radius 1 is 1.75 bits per heavy atom. The van der Waals surface area contributed by atoms with E-state index in [0.717, 1.165) is 0 Å². The van der Waals surface area contributed by atoms with E-state index in [1.165, 1.54) is 0 Å². The molecule has 0 aromatic heterocycles. The van der Waals surface area contributed by atoms with Crippen molar-refractivity contribution in [2.75, 3.05) is 6.61 Å². The number of aliphatic hydroxyl groups is 1. The normalized spacial score (nSPS) is 34.1. The average molecular weight is 173 g/mol. The second-order valence-electron chi connectivity index (χ2n) is 3.14. The van der Waals surface area contributed by atoms with E-state index in [9.17, 15) is 9.90 Å². The fraction of sp³-hybridized carbons (Fsp3) is 0.875. The number of ether oxygens (including phenoxy) is 1. The van der Waals surface area contributed by atoms with Gasteiger partial charge in [0.15, 0.2) is 0 Å². The predicted molar refractivity (Wildman–Crippen MR) is 43.3 cm³/mol. The highest BCUT2D eigenvalue weighted by Crippen LogP contribution is 2.29. The van der Waals surface area contributed by atoms with Gasteiger partial charge in [-0.3, -0.25) is 4.79 Å². The Balaban J connectivity index is 2.26. The van der Waals surface area contributed by atoms with Crippen LogP contribution in [0.4, 0.5) is 0 Å². The van der Waals surface area contributed by atoms with Crippen LogP contribution in [0.25, 0.3) is 0 Å². The first-order valence-electron chi connectivity index (χ1n) is 4.24. The molecule has 3 atom stereocenters. The van der Waals surface area contributed by atoms with Gasteiger partial charge in [0.25, 0.3) is 0 Å². The summed E-state index contributed by atoms with van der Waals surface area (Å²) in [7, 11) is 0. The Morgan fingerprint density at radius 3 is 2.83 bits per heavy atom. The summed E-state index contributed by atoms with van der Waals surface area (Å²) in [5.74, 6) is -0.360. The Hall–Kier alpha value is -0.610. The summed E-state index contributed by atoms with van der Waals surface area (Å²) >= 11 is 0. The van der Waals surface area contributed by atoms with Gasteiger partial charge >= 0.3 is 5.97 Å². The lowest BCUT2D eigenvalue weighted by Gasteiger charge is -2.38. The van der Waals surface area contributed by atoms with Crippen LogP contribution in [0.15, 0.2) is 0 Å². The molecule has 4 heteroatoms. The highest BCUT2D eigenvalue weighted by atomic mass is 16.5. The lowest BCUT2D eigenvalue weighted by molar-refractivity contribution is -0.147. The van der Waals surface area contributed by atoms with Gasteiger partial charge in [-0.05, 0) is 13.3 Å². The topological polar surface area (TPSA) is 72.5 Å². The van der Waals surface area contributed by atoms with Crippen LogP contribution in [0.3, 0.4) is 0 Å². The summed E-state index contributed by atoms with van der Waals surface area (Å²) in [6.07, 6.45) is 0.435. The third-order valence-corrected chi connectivity index (χ3v) is 2.27. The van der Waals surface area contributed by atoms with Crippen molar-refractivity contribution in [2.24, 2.45) is 11.7 Å². The maximum atomic E-state index is 10.9. The van der Waals surface area contributed by atoms with Crippen molar-refractivity contribution >= 4 is 5.97 Å². The number of nitrogens with two attached hydrogens (primary N) is 1. The van der Waals surface area contributed by atoms with Crippen molar-refractivity contribution in [1.29, 1.82) is 0 Å². The van der Waals surface area contributed by atoms with Gasteiger partial charge in [0.1, 0.15) is 0 Å². The van der Waals surface area contributed by atoms with Crippen LogP contribution in [-0.2, 0) is 9.53 Å². The maximum Gasteiger partial charge on any atom is 0.306 e.